The standard InChI is InChI=1S/C15H13Cl2NO2/c1-18(9-10-3-2-4-11(16)7-10)15(20)13-8-12(19)5-6-14(13)17/h2-8,19H,9H2,1H3. The summed E-state index contributed by atoms with van der Waals surface area (Å²) < 4.78 is 0. The summed E-state index contributed by atoms with van der Waals surface area (Å²) in [7, 11) is 1.67. The average Bonchev–Trinajstić information content (AvgIpc) is 2.40. The number of amides is 1. The minimum Gasteiger partial charge on any atom is -0.508 e. The fourth-order valence-electron chi connectivity index (χ4n) is 1.86. The van der Waals surface area contributed by atoms with E-state index in [9.17, 15) is 9.90 Å². The van der Waals surface area contributed by atoms with E-state index in [-0.39, 0.29) is 17.2 Å². The summed E-state index contributed by atoms with van der Waals surface area (Å²) in [5, 5.41) is 10.4. The predicted octanol–water partition coefficient (Wildman–Crippen LogP) is 3.97. The largest absolute Gasteiger partial charge is 0.508 e. The summed E-state index contributed by atoms with van der Waals surface area (Å²) >= 11 is 11.9. The maximum atomic E-state index is 12.3. The molecule has 0 atom stereocenters. The summed E-state index contributed by atoms with van der Waals surface area (Å²) in [6.07, 6.45) is 0. The lowest BCUT2D eigenvalue weighted by Gasteiger charge is -2.18. The van der Waals surface area contributed by atoms with Crippen molar-refractivity contribution in [3.05, 3.63) is 63.6 Å². The van der Waals surface area contributed by atoms with Gasteiger partial charge in [0.2, 0.25) is 0 Å². The van der Waals surface area contributed by atoms with Crippen LogP contribution >= 0.6 is 23.2 Å². The molecule has 0 radical (unpaired) electrons. The normalized spacial score (nSPS) is 10.3. The summed E-state index contributed by atoms with van der Waals surface area (Å²) in [6.45, 7) is 0.408. The van der Waals surface area contributed by atoms with E-state index in [4.69, 9.17) is 23.2 Å². The summed E-state index contributed by atoms with van der Waals surface area (Å²) in [5.74, 6) is -0.250. The number of carbonyl (C=O) groups is 1. The Morgan fingerprint density at radius 2 is 1.95 bits per heavy atom. The fraction of sp³-hybridized carbons (Fsp3) is 0.133. The molecule has 0 aliphatic rings. The molecular formula is C15H13Cl2NO2. The van der Waals surface area contributed by atoms with Crippen molar-refractivity contribution < 1.29 is 9.90 Å². The monoisotopic (exact) mass is 309 g/mol. The molecule has 0 heterocycles. The lowest BCUT2D eigenvalue weighted by molar-refractivity contribution is 0.0785. The third kappa shape index (κ3) is 3.44. The first-order valence-electron chi connectivity index (χ1n) is 5.96. The maximum absolute atomic E-state index is 12.3. The zero-order valence-electron chi connectivity index (χ0n) is 10.8. The lowest BCUT2D eigenvalue weighted by atomic mass is 10.1. The topological polar surface area (TPSA) is 40.5 Å². The molecule has 0 aliphatic carbocycles. The number of hydrogen-bond acceptors (Lipinski definition) is 2. The molecule has 0 aromatic heterocycles. The Labute approximate surface area is 127 Å². The van der Waals surface area contributed by atoms with Gasteiger partial charge in [0.05, 0.1) is 10.6 Å². The molecule has 3 nitrogen and oxygen atoms in total. The van der Waals surface area contributed by atoms with Gasteiger partial charge in [0.1, 0.15) is 5.75 Å². The van der Waals surface area contributed by atoms with Gasteiger partial charge in [0.15, 0.2) is 0 Å². The second kappa shape index (κ2) is 6.16. The molecule has 0 saturated carbocycles. The second-order valence-corrected chi connectivity index (χ2v) is 5.30. The summed E-state index contributed by atoms with van der Waals surface area (Å²) in [5.41, 5.74) is 1.20. The molecule has 1 N–H and O–H groups in total. The van der Waals surface area contributed by atoms with E-state index >= 15 is 0 Å². The van der Waals surface area contributed by atoms with Crippen LogP contribution in [0.25, 0.3) is 0 Å². The molecule has 20 heavy (non-hydrogen) atoms. The number of aromatic hydroxyl groups is 1. The number of benzene rings is 2. The van der Waals surface area contributed by atoms with E-state index in [0.29, 0.717) is 16.6 Å². The molecule has 0 unspecified atom stereocenters. The number of hydrogen-bond donors (Lipinski definition) is 1. The number of phenolic OH excluding ortho intramolecular Hbond substituents is 1. The van der Waals surface area contributed by atoms with Crippen LogP contribution in [0.5, 0.6) is 5.75 Å². The zero-order valence-corrected chi connectivity index (χ0v) is 12.3. The van der Waals surface area contributed by atoms with Crippen molar-refractivity contribution in [3.8, 4) is 5.75 Å². The molecule has 0 saturated heterocycles. The number of halogens is 2. The Hall–Kier alpha value is -1.71. The quantitative estimate of drug-likeness (QED) is 0.932. The first kappa shape index (κ1) is 14.7. The van der Waals surface area contributed by atoms with Gasteiger partial charge in [0, 0.05) is 18.6 Å². The van der Waals surface area contributed by atoms with Crippen molar-refractivity contribution in [2.75, 3.05) is 7.05 Å². The molecule has 2 aromatic rings. The van der Waals surface area contributed by atoms with Crippen molar-refractivity contribution in [1.82, 2.24) is 4.90 Å². The molecule has 5 heteroatoms. The molecular weight excluding hydrogens is 297 g/mol. The third-order valence-corrected chi connectivity index (χ3v) is 3.40. The molecule has 104 valence electrons. The second-order valence-electron chi connectivity index (χ2n) is 4.46. The van der Waals surface area contributed by atoms with Crippen LogP contribution in [0.15, 0.2) is 42.5 Å². The lowest BCUT2D eigenvalue weighted by Crippen LogP contribution is -2.26. The first-order chi connectivity index (χ1) is 9.47. The number of rotatable bonds is 3. The van der Waals surface area contributed by atoms with E-state index in [2.05, 4.69) is 0 Å². The smallest absolute Gasteiger partial charge is 0.255 e. The van der Waals surface area contributed by atoms with E-state index < -0.39 is 0 Å². The van der Waals surface area contributed by atoms with Crippen molar-refractivity contribution >= 4 is 29.1 Å². The van der Waals surface area contributed by atoms with Crippen LogP contribution in [0.4, 0.5) is 0 Å². The van der Waals surface area contributed by atoms with Gasteiger partial charge in [0.25, 0.3) is 5.91 Å². The molecule has 0 fully saturated rings. The van der Waals surface area contributed by atoms with Crippen molar-refractivity contribution in [1.29, 1.82) is 0 Å². The van der Waals surface area contributed by atoms with Crippen LogP contribution < -0.4 is 0 Å². The Bertz CT molecular complexity index is 644. The molecule has 2 rings (SSSR count). The SMILES string of the molecule is CN(Cc1cccc(Cl)c1)C(=O)c1cc(O)ccc1Cl. The van der Waals surface area contributed by atoms with Crippen LogP contribution in [0.3, 0.4) is 0 Å². The van der Waals surface area contributed by atoms with Gasteiger partial charge in [-0.2, -0.15) is 0 Å². The maximum Gasteiger partial charge on any atom is 0.255 e. The van der Waals surface area contributed by atoms with Crippen LogP contribution in [-0.4, -0.2) is 23.0 Å². The Morgan fingerprint density at radius 3 is 2.65 bits per heavy atom. The fourth-order valence-corrected chi connectivity index (χ4v) is 2.28. The van der Waals surface area contributed by atoms with Gasteiger partial charge in [-0.15, -0.1) is 0 Å². The highest BCUT2D eigenvalue weighted by Crippen LogP contribution is 2.23. The minimum absolute atomic E-state index is 0.00825. The van der Waals surface area contributed by atoms with Gasteiger partial charge < -0.3 is 10.0 Å². The van der Waals surface area contributed by atoms with E-state index in [1.807, 2.05) is 12.1 Å². The molecule has 2 aromatic carbocycles. The molecule has 0 bridgehead atoms. The van der Waals surface area contributed by atoms with Crippen LogP contribution in [0.1, 0.15) is 15.9 Å². The van der Waals surface area contributed by atoms with E-state index in [0.717, 1.165) is 5.56 Å². The van der Waals surface area contributed by atoms with Crippen LogP contribution in [0, 0.1) is 0 Å². The third-order valence-electron chi connectivity index (χ3n) is 2.84. The van der Waals surface area contributed by atoms with Gasteiger partial charge >= 0.3 is 0 Å². The average molecular weight is 310 g/mol. The van der Waals surface area contributed by atoms with Crippen LogP contribution in [-0.2, 0) is 6.54 Å². The molecule has 0 spiro atoms. The van der Waals surface area contributed by atoms with Crippen LogP contribution in [0.2, 0.25) is 10.0 Å². The number of carbonyl (C=O) groups excluding carboxylic acids is 1. The number of phenols is 1. The Morgan fingerprint density at radius 1 is 1.20 bits per heavy atom. The van der Waals surface area contributed by atoms with Gasteiger partial charge in [-0.3, -0.25) is 4.79 Å². The highest BCUT2D eigenvalue weighted by atomic mass is 35.5. The number of nitrogens with zero attached hydrogens (tertiary/aromatic N) is 1. The van der Waals surface area contributed by atoms with Gasteiger partial charge in [-0.05, 0) is 35.9 Å². The molecule has 0 aliphatic heterocycles. The predicted molar refractivity (Wildman–Crippen MR) is 80.4 cm³/mol. The summed E-state index contributed by atoms with van der Waals surface area (Å²) in [4.78, 5) is 13.8. The first-order valence-corrected chi connectivity index (χ1v) is 6.71. The zero-order chi connectivity index (χ0) is 14.7. The van der Waals surface area contributed by atoms with Crippen molar-refractivity contribution in [2.45, 2.75) is 6.54 Å². The highest BCUT2D eigenvalue weighted by molar-refractivity contribution is 6.33. The van der Waals surface area contributed by atoms with E-state index in [1.165, 1.54) is 23.1 Å². The van der Waals surface area contributed by atoms with Crippen molar-refractivity contribution in [2.24, 2.45) is 0 Å². The van der Waals surface area contributed by atoms with E-state index in [1.54, 1.807) is 19.2 Å². The minimum atomic E-state index is -0.258. The Kier molecular flexibility index (Phi) is 4.53. The highest BCUT2D eigenvalue weighted by Gasteiger charge is 2.16. The Balaban J connectivity index is 2.18. The molecule has 1 amide bonds. The summed E-state index contributed by atoms with van der Waals surface area (Å²) in [6, 6.07) is 11.6. The van der Waals surface area contributed by atoms with Crippen molar-refractivity contribution in [3.63, 3.8) is 0 Å². The van der Waals surface area contributed by atoms with Gasteiger partial charge in [-0.25, -0.2) is 0 Å². The van der Waals surface area contributed by atoms with Gasteiger partial charge in [-0.1, -0.05) is 35.3 Å².